The Morgan fingerprint density at radius 2 is 1.13 bits per heavy atom. The second-order valence-electron chi connectivity index (χ2n) is 14.3. The summed E-state index contributed by atoms with van der Waals surface area (Å²) in [5.74, 6) is -0.377. The maximum atomic E-state index is 13.7. The van der Waals surface area contributed by atoms with Crippen LogP contribution in [0.1, 0.15) is 62.8 Å². The molecule has 0 saturated carbocycles. The summed E-state index contributed by atoms with van der Waals surface area (Å²) in [7, 11) is 0. The molecule has 4 bridgehead atoms. The zero-order valence-electron chi connectivity index (χ0n) is 29.5. The molecule has 0 aromatic carbocycles. The van der Waals surface area contributed by atoms with E-state index in [4.69, 9.17) is 42.1 Å². The van der Waals surface area contributed by atoms with E-state index >= 15 is 0 Å². The topological polar surface area (TPSA) is 129 Å². The minimum absolute atomic E-state index is 0.0869. The van der Waals surface area contributed by atoms with Crippen molar-refractivity contribution in [3.63, 3.8) is 0 Å². The Balaban J connectivity index is 0.984. The van der Waals surface area contributed by atoms with Gasteiger partial charge in [-0.05, 0) is 49.2 Å². The summed E-state index contributed by atoms with van der Waals surface area (Å²) in [6.45, 7) is 1.00. The van der Waals surface area contributed by atoms with E-state index in [0.29, 0.717) is 60.6 Å². The Hall–Kier alpha value is -4.62. The van der Waals surface area contributed by atoms with Crippen molar-refractivity contribution < 1.29 is 28.5 Å². The Kier molecular flexibility index (Phi) is 10.5. The molecule has 4 fully saturated rings. The third-order valence-corrected chi connectivity index (χ3v) is 11.3. The van der Waals surface area contributed by atoms with Crippen molar-refractivity contribution in [2.24, 2.45) is 0 Å². The van der Waals surface area contributed by atoms with Gasteiger partial charge >= 0.3 is 11.9 Å². The lowest BCUT2D eigenvalue weighted by Crippen LogP contribution is -2.57. The van der Waals surface area contributed by atoms with Gasteiger partial charge in [0.1, 0.15) is 12.2 Å². The van der Waals surface area contributed by atoms with Crippen LogP contribution >= 0.6 is 23.2 Å². The second-order valence-corrected chi connectivity index (χ2v) is 15.2. The summed E-state index contributed by atoms with van der Waals surface area (Å²) in [6.07, 6.45) is 13.6. The first kappa shape index (κ1) is 36.4. The molecule has 0 N–H and O–H groups in total. The summed E-state index contributed by atoms with van der Waals surface area (Å²) in [5, 5.41) is 1.03. The lowest BCUT2D eigenvalue weighted by Gasteiger charge is -2.46. The van der Waals surface area contributed by atoms with Crippen LogP contribution in [0.25, 0.3) is 0 Å². The van der Waals surface area contributed by atoms with Crippen molar-refractivity contribution in [1.82, 2.24) is 29.7 Å². The van der Waals surface area contributed by atoms with Crippen molar-refractivity contribution in [1.29, 1.82) is 0 Å². The molecule has 4 saturated heterocycles. The summed E-state index contributed by atoms with van der Waals surface area (Å²) < 4.78 is 25.2. The molecular weight excluding hydrogens is 731 g/mol. The molecule has 14 heteroatoms. The number of piperidine rings is 2. The largest absolute Gasteiger partial charge is 0.474 e. The number of carbonyl (C=O) groups is 2. The Labute approximate surface area is 323 Å². The van der Waals surface area contributed by atoms with E-state index in [2.05, 4.69) is 29.7 Å². The second kappa shape index (κ2) is 15.6. The summed E-state index contributed by atoms with van der Waals surface area (Å²) >= 11 is 12.1. The Morgan fingerprint density at radius 1 is 0.667 bits per heavy atom. The van der Waals surface area contributed by atoms with Gasteiger partial charge in [-0.15, -0.1) is 0 Å². The number of hydrogen-bond donors (Lipinski definition) is 0. The fourth-order valence-corrected chi connectivity index (χ4v) is 8.83. The molecule has 6 atom stereocenters. The maximum absolute atomic E-state index is 13.7. The number of halogens is 2. The number of aromatic nitrogens is 4. The van der Waals surface area contributed by atoms with Crippen LogP contribution in [-0.2, 0) is 32.2 Å². The fraction of sp³-hybridized carbons (Fsp3) is 0.400. The van der Waals surface area contributed by atoms with Gasteiger partial charge in [0.2, 0.25) is 11.8 Å². The summed E-state index contributed by atoms with van der Waals surface area (Å²) in [6, 6.07) is 18.7. The molecule has 4 aromatic rings. The number of esters is 2. The smallest absolute Gasteiger partial charge is 0.332 e. The number of rotatable bonds is 12. The van der Waals surface area contributed by atoms with Gasteiger partial charge in [0.05, 0.1) is 21.4 Å². The van der Waals surface area contributed by atoms with Crippen LogP contribution < -0.4 is 9.47 Å². The van der Waals surface area contributed by atoms with Gasteiger partial charge in [-0.2, -0.15) is 0 Å². The highest BCUT2D eigenvalue weighted by atomic mass is 35.5. The van der Waals surface area contributed by atoms with Crippen LogP contribution in [0.4, 0.5) is 0 Å². The highest BCUT2D eigenvalue weighted by Gasteiger charge is 2.56. The zero-order chi connectivity index (χ0) is 37.1. The highest BCUT2D eigenvalue weighted by Crippen LogP contribution is 2.48. The lowest BCUT2D eigenvalue weighted by atomic mass is 9.96. The van der Waals surface area contributed by atoms with Crippen LogP contribution in [0.15, 0.2) is 97.6 Å². The van der Waals surface area contributed by atoms with E-state index in [1.165, 1.54) is 0 Å². The Morgan fingerprint density at radius 3 is 1.52 bits per heavy atom. The first-order chi connectivity index (χ1) is 26.2. The molecule has 0 spiro atoms. The molecule has 0 amide bonds. The van der Waals surface area contributed by atoms with E-state index in [-0.39, 0.29) is 24.3 Å². The highest BCUT2D eigenvalue weighted by molar-refractivity contribution is 6.30. The molecule has 4 aliphatic heterocycles. The van der Waals surface area contributed by atoms with Crippen molar-refractivity contribution in [3.8, 4) is 11.8 Å². The summed E-state index contributed by atoms with van der Waals surface area (Å²) in [5.41, 5.74) is -0.200. The van der Waals surface area contributed by atoms with Gasteiger partial charge in [-0.3, -0.25) is 19.8 Å². The van der Waals surface area contributed by atoms with Gasteiger partial charge < -0.3 is 18.9 Å². The van der Waals surface area contributed by atoms with Crippen molar-refractivity contribution in [2.45, 2.75) is 100 Å². The number of pyridine rings is 4. The van der Waals surface area contributed by atoms with Crippen LogP contribution in [0.2, 0.25) is 10.0 Å². The molecule has 8 rings (SSSR count). The predicted molar refractivity (Wildman–Crippen MR) is 198 cm³/mol. The third kappa shape index (κ3) is 8.07. The molecular formula is C40H40Cl2N6O6. The van der Waals surface area contributed by atoms with E-state index < -0.39 is 23.4 Å². The monoisotopic (exact) mass is 770 g/mol. The predicted octanol–water partition coefficient (Wildman–Crippen LogP) is 6.72. The van der Waals surface area contributed by atoms with Crippen molar-refractivity contribution in [3.05, 3.63) is 119 Å². The number of carbonyl (C=O) groups excluding carboxylic acids is 2. The van der Waals surface area contributed by atoms with Crippen LogP contribution in [0, 0.1) is 0 Å². The molecule has 4 aromatic heterocycles. The van der Waals surface area contributed by atoms with Crippen LogP contribution in [0.5, 0.6) is 11.8 Å². The SMILES string of the molecule is O=C(/C=C/C(=O)OC12CCC(CC(Oc3ccc(Cl)cn3)C1)N2Cc1ccccn1)OC12CCC(CC(Oc3ccc(Cl)cn3)C1)N2Cc1ccccn1. The molecule has 12 nitrogen and oxygen atoms in total. The van der Waals surface area contributed by atoms with Gasteiger partial charge in [-0.1, -0.05) is 35.3 Å². The number of nitrogens with zero attached hydrogens (tertiary/aromatic N) is 6. The van der Waals surface area contributed by atoms with Crippen molar-refractivity contribution >= 4 is 35.1 Å². The molecule has 54 heavy (non-hydrogen) atoms. The molecule has 280 valence electrons. The zero-order valence-corrected chi connectivity index (χ0v) is 31.0. The van der Waals surface area contributed by atoms with Gasteiger partial charge in [-0.25, -0.2) is 19.6 Å². The average molecular weight is 772 g/mol. The van der Waals surface area contributed by atoms with Gasteiger partial charge in [0, 0.05) is 113 Å². The summed E-state index contributed by atoms with van der Waals surface area (Å²) in [4.78, 5) is 49.4. The molecule has 0 radical (unpaired) electrons. The van der Waals surface area contributed by atoms with E-state index in [9.17, 15) is 9.59 Å². The van der Waals surface area contributed by atoms with E-state index in [1.54, 1.807) is 49.1 Å². The maximum Gasteiger partial charge on any atom is 0.332 e. The molecule has 0 aliphatic carbocycles. The van der Waals surface area contributed by atoms with Crippen LogP contribution in [-0.4, -0.2) is 77.4 Å². The first-order valence-electron chi connectivity index (χ1n) is 18.3. The minimum atomic E-state index is -0.969. The van der Waals surface area contributed by atoms with E-state index in [0.717, 1.165) is 49.2 Å². The number of ether oxygens (including phenoxy) is 4. The Bertz CT molecular complexity index is 1820. The molecule has 6 unspecified atom stereocenters. The minimum Gasteiger partial charge on any atom is -0.474 e. The molecule has 8 heterocycles. The first-order valence-corrected chi connectivity index (χ1v) is 19.0. The quantitative estimate of drug-likeness (QED) is 0.112. The van der Waals surface area contributed by atoms with Crippen molar-refractivity contribution in [2.75, 3.05) is 0 Å². The average Bonchev–Trinajstić information content (AvgIpc) is 3.48. The normalized spacial score (nSPS) is 27.8. The van der Waals surface area contributed by atoms with Crippen LogP contribution in [0.3, 0.4) is 0 Å². The molecule has 4 aliphatic rings. The third-order valence-electron chi connectivity index (χ3n) is 10.9. The van der Waals surface area contributed by atoms with E-state index in [1.807, 2.05) is 36.4 Å². The van der Waals surface area contributed by atoms with Gasteiger partial charge in [0.25, 0.3) is 0 Å². The fourth-order valence-electron chi connectivity index (χ4n) is 8.61. The lowest BCUT2D eigenvalue weighted by molar-refractivity contribution is -0.197. The number of fused-ring (bicyclic) bond motifs is 4. The number of hydrogen-bond acceptors (Lipinski definition) is 12. The standard InChI is InChI=1S/C40H40Cl2N6O6/c41-27-7-9-35(45-23-27)51-33-19-31-13-15-39(21-33,47(31)25-29-5-1-3-17-43-29)53-37(49)11-12-38(50)54-40-16-14-32(48(40)26-30-6-2-4-18-44-30)20-34(22-40)52-36-10-8-28(42)24-46-36/h1-12,17-18,23-24,31-34H,13-16,19-22,25-26H2/b12-11+. The van der Waals surface area contributed by atoms with Gasteiger partial charge in [0.15, 0.2) is 11.4 Å².